The van der Waals surface area contributed by atoms with Crippen molar-refractivity contribution in [1.29, 1.82) is 0 Å². The number of aromatic nitrogens is 3. The number of aromatic amines is 2. The minimum absolute atomic E-state index is 0.235. The Labute approximate surface area is 170 Å². The Morgan fingerprint density at radius 2 is 1.70 bits per heavy atom. The second kappa shape index (κ2) is 6.48. The number of amides is 1. The number of aryl methyl sites for hydroxylation is 1. The normalized spacial score (nSPS) is 15.3. The number of methoxy groups -OCH3 is 1. The van der Waals surface area contributed by atoms with E-state index in [0.29, 0.717) is 33.9 Å². The van der Waals surface area contributed by atoms with E-state index in [1.807, 2.05) is 42.5 Å². The van der Waals surface area contributed by atoms with Crippen LogP contribution in [0.1, 0.15) is 17.0 Å². The summed E-state index contributed by atoms with van der Waals surface area (Å²) in [6.45, 7) is 0. The van der Waals surface area contributed by atoms with Crippen LogP contribution in [0.25, 0.3) is 22.3 Å². The number of para-hydroxylation sites is 2. The summed E-state index contributed by atoms with van der Waals surface area (Å²) < 4.78 is 6.85. The molecule has 0 bridgehead atoms. The van der Waals surface area contributed by atoms with Crippen LogP contribution in [0.2, 0.25) is 0 Å². The highest BCUT2D eigenvalue weighted by molar-refractivity contribution is 6.09. The first kappa shape index (κ1) is 18.0. The number of fused-ring (bicyclic) bond motifs is 2. The maximum atomic E-state index is 13.0. The average Bonchev–Trinajstić information content (AvgIpc) is 3.29. The first-order valence-electron chi connectivity index (χ1n) is 9.39. The van der Waals surface area contributed by atoms with Gasteiger partial charge in [0, 0.05) is 23.9 Å². The molecule has 30 heavy (non-hydrogen) atoms. The Hall–Kier alpha value is -4.07. The molecule has 0 radical (unpaired) electrons. The lowest BCUT2D eigenvalue weighted by molar-refractivity contribution is -0.116. The third-order valence-corrected chi connectivity index (χ3v) is 5.56. The predicted octanol–water partition coefficient (Wildman–Crippen LogP) is 2.31. The minimum atomic E-state index is -0.714. The van der Waals surface area contributed by atoms with Gasteiger partial charge < -0.3 is 15.0 Å². The molecule has 0 saturated carbocycles. The maximum Gasteiger partial charge on any atom is 0.329 e. The molecule has 3 heterocycles. The summed E-state index contributed by atoms with van der Waals surface area (Å²) in [6.07, 6.45) is 0. The van der Waals surface area contributed by atoms with Crippen molar-refractivity contribution >= 4 is 22.6 Å². The Balaban J connectivity index is 1.94. The summed E-state index contributed by atoms with van der Waals surface area (Å²) in [5.41, 5.74) is 2.49. The number of ether oxygens (including phenoxy) is 1. The van der Waals surface area contributed by atoms with Gasteiger partial charge in [-0.05, 0) is 23.8 Å². The van der Waals surface area contributed by atoms with Crippen LogP contribution in [-0.2, 0) is 11.8 Å². The zero-order chi connectivity index (χ0) is 21.0. The zero-order valence-corrected chi connectivity index (χ0v) is 16.3. The van der Waals surface area contributed by atoms with Crippen molar-refractivity contribution in [2.45, 2.75) is 5.92 Å². The summed E-state index contributed by atoms with van der Waals surface area (Å²) >= 11 is 0. The Morgan fingerprint density at radius 1 is 0.967 bits per heavy atom. The van der Waals surface area contributed by atoms with Gasteiger partial charge in [-0.3, -0.25) is 19.1 Å². The van der Waals surface area contributed by atoms with Gasteiger partial charge in [0.05, 0.1) is 24.1 Å². The van der Waals surface area contributed by atoms with Crippen LogP contribution in [0.4, 0.5) is 5.69 Å². The largest absolute Gasteiger partial charge is 0.496 e. The standard InChI is InChI=1S/C22H18N4O4/c1-26-19-17(21(28)25-22(26)29)16(15-11-7-3-5-9-13(11)23-20(15)27)18(24-19)12-8-4-6-10-14(12)30-2/h3-10,15,24H,1-2H3,(H,23,27)(H,25,28,29)/t15-/m1/s1. The number of nitrogens with zero attached hydrogens (tertiary/aromatic N) is 1. The first-order chi connectivity index (χ1) is 14.5. The quantitative estimate of drug-likeness (QED) is 0.489. The molecule has 4 aromatic rings. The molecule has 0 saturated heterocycles. The SMILES string of the molecule is COc1ccccc1-c1[nH]c2c(c1[C@@H]1C(=O)Nc3ccccc31)c(=O)[nH]c(=O)n2C. The topological polar surface area (TPSA) is 109 Å². The highest BCUT2D eigenvalue weighted by Gasteiger charge is 2.37. The highest BCUT2D eigenvalue weighted by Crippen LogP contribution is 2.44. The molecule has 1 aliphatic rings. The molecule has 1 atom stereocenters. The van der Waals surface area contributed by atoms with Gasteiger partial charge in [0.15, 0.2) is 0 Å². The second-order valence-electron chi connectivity index (χ2n) is 7.17. The molecule has 8 nitrogen and oxygen atoms in total. The van der Waals surface area contributed by atoms with Gasteiger partial charge in [0.25, 0.3) is 5.56 Å². The van der Waals surface area contributed by atoms with Gasteiger partial charge in [-0.1, -0.05) is 30.3 Å². The summed E-state index contributed by atoms with van der Waals surface area (Å²) in [5, 5.41) is 3.16. The Kier molecular flexibility index (Phi) is 3.89. The van der Waals surface area contributed by atoms with Crippen molar-refractivity contribution in [3.05, 3.63) is 80.5 Å². The molecule has 150 valence electrons. The summed E-state index contributed by atoms with van der Waals surface area (Å²) in [7, 11) is 3.12. The van der Waals surface area contributed by atoms with Crippen molar-refractivity contribution < 1.29 is 9.53 Å². The number of hydrogen-bond donors (Lipinski definition) is 3. The van der Waals surface area contributed by atoms with E-state index in [-0.39, 0.29) is 11.3 Å². The van der Waals surface area contributed by atoms with E-state index >= 15 is 0 Å². The monoisotopic (exact) mass is 402 g/mol. The molecule has 0 spiro atoms. The summed E-state index contributed by atoms with van der Waals surface area (Å²) in [6, 6.07) is 14.7. The molecule has 2 aromatic carbocycles. The van der Waals surface area contributed by atoms with Crippen LogP contribution in [0.5, 0.6) is 5.75 Å². The average molecular weight is 402 g/mol. The van der Waals surface area contributed by atoms with E-state index in [9.17, 15) is 14.4 Å². The number of hydrogen-bond acceptors (Lipinski definition) is 4. The van der Waals surface area contributed by atoms with E-state index in [4.69, 9.17) is 4.74 Å². The second-order valence-corrected chi connectivity index (χ2v) is 7.17. The lowest BCUT2D eigenvalue weighted by Gasteiger charge is -2.13. The van der Waals surface area contributed by atoms with E-state index in [1.165, 1.54) is 4.57 Å². The molecule has 1 amide bonds. The van der Waals surface area contributed by atoms with Crippen LogP contribution >= 0.6 is 0 Å². The molecular weight excluding hydrogens is 384 g/mol. The smallest absolute Gasteiger partial charge is 0.329 e. The molecule has 3 N–H and O–H groups in total. The van der Waals surface area contributed by atoms with E-state index < -0.39 is 17.2 Å². The van der Waals surface area contributed by atoms with E-state index in [0.717, 1.165) is 5.56 Å². The van der Waals surface area contributed by atoms with Crippen molar-refractivity contribution in [2.24, 2.45) is 7.05 Å². The van der Waals surface area contributed by atoms with Crippen LogP contribution in [0, 0.1) is 0 Å². The number of rotatable bonds is 3. The van der Waals surface area contributed by atoms with Gasteiger partial charge in [0.2, 0.25) is 5.91 Å². The number of nitrogens with one attached hydrogen (secondary N) is 3. The number of carbonyl (C=O) groups excluding carboxylic acids is 1. The van der Waals surface area contributed by atoms with E-state index in [1.54, 1.807) is 20.2 Å². The fourth-order valence-corrected chi connectivity index (χ4v) is 4.17. The number of H-pyrrole nitrogens is 2. The number of benzene rings is 2. The molecule has 8 heteroatoms. The van der Waals surface area contributed by atoms with E-state index in [2.05, 4.69) is 15.3 Å². The summed E-state index contributed by atoms with van der Waals surface area (Å²) in [5.74, 6) is -0.367. The third kappa shape index (κ3) is 2.43. The van der Waals surface area contributed by atoms with Crippen LogP contribution in [0.3, 0.4) is 0 Å². The fourth-order valence-electron chi connectivity index (χ4n) is 4.17. The highest BCUT2D eigenvalue weighted by atomic mass is 16.5. The number of anilines is 1. The van der Waals surface area contributed by atoms with Crippen LogP contribution in [0.15, 0.2) is 58.1 Å². The Morgan fingerprint density at radius 3 is 2.50 bits per heavy atom. The number of carbonyl (C=O) groups is 1. The molecule has 2 aromatic heterocycles. The lowest BCUT2D eigenvalue weighted by atomic mass is 9.89. The van der Waals surface area contributed by atoms with Gasteiger partial charge in [-0.15, -0.1) is 0 Å². The Bertz CT molecular complexity index is 1440. The molecule has 0 aliphatic carbocycles. The molecular formula is C22H18N4O4. The van der Waals surface area contributed by atoms with Gasteiger partial charge in [0.1, 0.15) is 11.4 Å². The van der Waals surface area contributed by atoms with Gasteiger partial charge in [-0.2, -0.15) is 0 Å². The molecule has 5 rings (SSSR count). The molecule has 0 fully saturated rings. The molecule has 1 aliphatic heterocycles. The van der Waals surface area contributed by atoms with Crippen LogP contribution < -0.4 is 21.3 Å². The fraction of sp³-hybridized carbons (Fsp3) is 0.136. The van der Waals surface area contributed by atoms with Crippen molar-refractivity contribution in [3.8, 4) is 17.0 Å². The van der Waals surface area contributed by atoms with Gasteiger partial charge in [-0.25, -0.2) is 4.79 Å². The summed E-state index contributed by atoms with van der Waals surface area (Å²) in [4.78, 5) is 43.7. The van der Waals surface area contributed by atoms with Gasteiger partial charge >= 0.3 is 5.69 Å². The first-order valence-corrected chi connectivity index (χ1v) is 9.39. The van der Waals surface area contributed by atoms with Crippen LogP contribution in [-0.4, -0.2) is 27.6 Å². The predicted molar refractivity (Wildman–Crippen MR) is 113 cm³/mol. The van der Waals surface area contributed by atoms with Crippen molar-refractivity contribution in [1.82, 2.24) is 14.5 Å². The third-order valence-electron chi connectivity index (χ3n) is 5.56. The maximum absolute atomic E-state index is 13.0. The van der Waals surface area contributed by atoms with Crippen molar-refractivity contribution in [2.75, 3.05) is 12.4 Å². The van der Waals surface area contributed by atoms with Crippen molar-refractivity contribution in [3.63, 3.8) is 0 Å². The lowest BCUT2D eigenvalue weighted by Crippen LogP contribution is -2.28. The molecule has 0 unspecified atom stereocenters. The zero-order valence-electron chi connectivity index (χ0n) is 16.3. The minimum Gasteiger partial charge on any atom is -0.496 e.